The topological polar surface area (TPSA) is 65.7 Å². The second kappa shape index (κ2) is 7.88. The molecule has 5 heteroatoms. The Labute approximate surface area is 127 Å². The third-order valence-corrected chi connectivity index (χ3v) is 4.03. The monoisotopic (exact) mass is 289 g/mol. The lowest BCUT2D eigenvalue weighted by Crippen LogP contribution is -2.37. The summed E-state index contributed by atoms with van der Waals surface area (Å²) in [5.74, 6) is 6.22. The van der Waals surface area contributed by atoms with Crippen LogP contribution in [0.5, 0.6) is 0 Å². The molecular weight excluding hydrogens is 262 g/mol. The maximum Gasteiger partial charge on any atom is 0.210 e. The van der Waals surface area contributed by atoms with Gasteiger partial charge in [0.1, 0.15) is 0 Å². The van der Waals surface area contributed by atoms with E-state index in [1.807, 2.05) is 0 Å². The zero-order valence-electron chi connectivity index (χ0n) is 13.1. The zero-order chi connectivity index (χ0) is 15.1. The Balaban J connectivity index is 2.00. The van der Waals surface area contributed by atoms with Gasteiger partial charge < -0.3 is 10.2 Å². The van der Waals surface area contributed by atoms with E-state index in [1.54, 1.807) is 0 Å². The standard InChI is InChI=1S/C16H27N5/c1-3-21(4-2)15-11-9-14(10-12-15)19-16(20-17)18-13-7-5-6-8-13/h9-13H,3-8,17H2,1-2H3,(H2,18,19,20). The van der Waals surface area contributed by atoms with E-state index in [0.717, 1.165) is 31.6 Å². The molecule has 5 nitrogen and oxygen atoms in total. The van der Waals surface area contributed by atoms with Crippen molar-refractivity contribution in [3.63, 3.8) is 0 Å². The van der Waals surface area contributed by atoms with Crippen LogP contribution in [0.3, 0.4) is 0 Å². The minimum absolute atomic E-state index is 0.401. The number of guanidine groups is 1. The molecule has 21 heavy (non-hydrogen) atoms. The van der Waals surface area contributed by atoms with Gasteiger partial charge in [0, 0.05) is 24.5 Å². The number of hydrogen-bond donors (Lipinski definition) is 3. The van der Waals surface area contributed by atoms with E-state index >= 15 is 0 Å². The van der Waals surface area contributed by atoms with Crippen LogP contribution in [0.15, 0.2) is 29.3 Å². The summed E-state index contributed by atoms with van der Waals surface area (Å²) in [4.78, 5) is 6.96. The maximum absolute atomic E-state index is 5.57. The van der Waals surface area contributed by atoms with Gasteiger partial charge >= 0.3 is 0 Å². The second-order valence-electron chi connectivity index (χ2n) is 5.40. The zero-order valence-corrected chi connectivity index (χ0v) is 13.1. The Morgan fingerprint density at radius 1 is 1.19 bits per heavy atom. The van der Waals surface area contributed by atoms with Crippen molar-refractivity contribution in [2.75, 3.05) is 23.3 Å². The third-order valence-electron chi connectivity index (χ3n) is 4.03. The van der Waals surface area contributed by atoms with Crippen LogP contribution < -0.4 is 21.5 Å². The molecule has 116 valence electrons. The molecule has 1 aromatic carbocycles. The fourth-order valence-electron chi connectivity index (χ4n) is 2.80. The number of hydrazine groups is 1. The van der Waals surface area contributed by atoms with Crippen LogP contribution in [0.4, 0.5) is 11.4 Å². The third kappa shape index (κ3) is 4.36. The largest absolute Gasteiger partial charge is 0.372 e. The number of nitrogens with two attached hydrogens (primary N) is 1. The second-order valence-corrected chi connectivity index (χ2v) is 5.40. The first-order valence-electron chi connectivity index (χ1n) is 7.93. The highest BCUT2D eigenvalue weighted by Gasteiger charge is 2.14. The van der Waals surface area contributed by atoms with Crippen LogP contribution in [0.1, 0.15) is 39.5 Å². The van der Waals surface area contributed by atoms with Gasteiger partial charge in [-0.2, -0.15) is 0 Å². The van der Waals surface area contributed by atoms with Gasteiger partial charge in [-0.3, -0.25) is 5.43 Å². The summed E-state index contributed by atoms with van der Waals surface area (Å²) in [5, 5.41) is 3.25. The molecule has 1 saturated carbocycles. The molecule has 0 amide bonds. The normalized spacial score (nSPS) is 16.0. The predicted octanol–water partition coefficient (Wildman–Crippen LogP) is 2.71. The van der Waals surface area contributed by atoms with Gasteiger partial charge in [0.05, 0.1) is 6.04 Å². The summed E-state index contributed by atoms with van der Waals surface area (Å²) in [6.45, 7) is 6.37. The van der Waals surface area contributed by atoms with Crippen molar-refractivity contribution < 1.29 is 0 Å². The summed E-state index contributed by atoms with van der Waals surface area (Å²) in [5.41, 5.74) is 4.90. The van der Waals surface area contributed by atoms with E-state index in [2.05, 4.69) is 58.7 Å². The van der Waals surface area contributed by atoms with Crippen molar-refractivity contribution >= 4 is 17.3 Å². The number of hydrogen-bond acceptors (Lipinski definition) is 3. The van der Waals surface area contributed by atoms with Gasteiger partial charge in [-0.05, 0) is 51.0 Å². The number of nitrogens with zero attached hydrogens (tertiary/aromatic N) is 2. The molecule has 1 fully saturated rings. The highest BCUT2D eigenvalue weighted by Crippen LogP contribution is 2.21. The molecule has 0 unspecified atom stereocenters. The molecule has 0 atom stereocenters. The molecule has 4 N–H and O–H groups in total. The first-order chi connectivity index (χ1) is 10.3. The van der Waals surface area contributed by atoms with Crippen molar-refractivity contribution in [3.8, 4) is 0 Å². The van der Waals surface area contributed by atoms with Crippen molar-refractivity contribution in [1.29, 1.82) is 0 Å². The average molecular weight is 289 g/mol. The van der Waals surface area contributed by atoms with Gasteiger partial charge in [0.25, 0.3) is 0 Å². The average Bonchev–Trinajstić information content (AvgIpc) is 3.02. The minimum Gasteiger partial charge on any atom is -0.372 e. The predicted molar refractivity (Wildman–Crippen MR) is 90.6 cm³/mol. The SMILES string of the molecule is CCN(CC)c1ccc(NC(=NC2CCCC2)NN)cc1. The number of nitrogens with one attached hydrogen (secondary N) is 2. The van der Waals surface area contributed by atoms with Crippen LogP contribution in [-0.4, -0.2) is 25.1 Å². The van der Waals surface area contributed by atoms with Crippen LogP contribution in [0.2, 0.25) is 0 Å². The highest BCUT2D eigenvalue weighted by atomic mass is 15.3. The molecule has 1 aromatic rings. The smallest absolute Gasteiger partial charge is 0.210 e. The van der Waals surface area contributed by atoms with Crippen LogP contribution in [0, 0.1) is 0 Å². The Morgan fingerprint density at radius 3 is 2.33 bits per heavy atom. The van der Waals surface area contributed by atoms with E-state index in [4.69, 9.17) is 5.84 Å². The first-order valence-corrected chi connectivity index (χ1v) is 7.93. The van der Waals surface area contributed by atoms with Crippen molar-refractivity contribution in [2.24, 2.45) is 10.8 Å². The van der Waals surface area contributed by atoms with Gasteiger partial charge in [-0.25, -0.2) is 10.8 Å². The minimum atomic E-state index is 0.401. The molecule has 0 heterocycles. The quantitative estimate of drug-likeness (QED) is 0.337. The fraction of sp³-hybridized carbons (Fsp3) is 0.562. The Bertz CT molecular complexity index is 444. The molecule has 0 aromatic heterocycles. The number of anilines is 2. The van der Waals surface area contributed by atoms with Crippen molar-refractivity contribution in [3.05, 3.63) is 24.3 Å². The molecule has 0 radical (unpaired) electrons. The summed E-state index contributed by atoms with van der Waals surface area (Å²) >= 11 is 0. The summed E-state index contributed by atoms with van der Waals surface area (Å²) in [6.07, 6.45) is 4.86. The summed E-state index contributed by atoms with van der Waals surface area (Å²) in [7, 11) is 0. The van der Waals surface area contributed by atoms with E-state index < -0.39 is 0 Å². The maximum atomic E-state index is 5.57. The lowest BCUT2D eigenvalue weighted by atomic mass is 10.2. The van der Waals surface area contributed by atoms with Gasteiger partial charge in [0.2, 0.25) is 5.96 Å². The van der Waals surface area contributed by atoms with Crippen molar-refractivity contribution in [1.82, 2.24) is 5.43 Å². The molecule has 0 spiro atoms. The molecule has 2 rings (SSSR count). The number of rotatable bonds is 5. The summed E-state index contributed by atoms with van der Waals surface area (Å²) in [6, 6.07) is 8.78. The number of benzene rings is 1. The van der Waals surface area contributed by atoms with Gasteiger partial charge in [0.15, 0.2) is 0 Å². The molecule has 1 aliphatic carbocycles. The van der Waals surface area contributed by atoms with E-state index in [1.165, 1.54) is 18.5 Å². The molecular formula is C16H27N5. The lowest BCUT2D eigenvalue weighted by Gasteiger charge is -2.21. The Kier molecular flexibility index (Phi) is 5.87. The molecule has 0 aliphatic heterocycles. The molecule has 1 aliphatic rings. The van der Waals surface area contributed by atoms with Gasteiger partial charge in [-0.15, -0.1) is 0 Å². The highest BCUT2D eigenvalue weighted by molar-refractivity contribution is 5.93. The fourth-order valence-corrected chi connectivity index (χ4v) is 2.80. The van der Waals surface area contributed by atoms with E-state index in [0.29, 0.717) is 12.0 Å². The van der Waals surface area contributed by atoms with Crippen LogP contribution >= 0.6 is 0 Å². The first kappa shape index (κ1) is 15.6. The van der Waals surface area contributed by atoms with Crippen LogP contribution in [0.25, 0.3) is 0 Å². The van der Waals surface area contributed by atoms with Crippen molar-refractivity contribution in [2.45, 2.75) is 45.6 Å². The molecule has 0 bridgehead atoms. The van der Waals surface area contributed by atoms with Crippen LogP contribution in [-0.2, 0) is 0 Å². The number of aliphatic imine (C=N–C) groups is 1. The van der Waals surface area contributed by atoms with E-state index in [9.17, 15) is 0 Å². The Hall–Kier alpha value is -1.75. The Morgan fingerprint density at radius 2 is 1.81 bits per heavy atom. The summed E-state index contributed by atoms with van der Waals surface area (Å²) < 4.78 is 0. The van der Waals surface area contributed by atoms with Gasteiger partial charge in [-0.1, -0.05) is 12.8 Å². The molecule has 0 saturated heterocycles. The van der Waals surface area contributed by atoms with E-state index in [-0.39, 0.29) is 0 Å². The lowest BCUT2D eigenvalue weighted by molar-refractivity contribution is 0.700.